The molecule has 9 nitrogen and oxygen atoms in total. The fourth-order valence-corrected chi connectivity index (χ4v) is 2.27. The maximum absolute atomic E-state index is 10.1. The molecular formula is C11H19O9. The Morgan fingerprint density at radius 2 is 1.45 bits per heavy atom. The van der Waals surface area contributed by atoms with Gasteiger partial charge in [-0.15, -0.1) is 0 Å². The quantitative estimate of drug-likeness (QED) is 0.266. The van der Waals surface area contributed by atoms with Crippen LogP contribution >= 0.6 is 0 Å². The second-order valence-electron chi connectivity index (χ2n) is 5.01. The molecule has 1 radical (unpaired) electrons. The van der Waals surface area contributed by atoms with E-state index in [1.807, 2.05) is 0 Å². The number of hydrogen-bond donors (Lipinski definition) is 7. The number of aliphatic hydroxyl groups is 7. The lowest BCUT2D eigenvalue weighted by atomic mass is 9.88. The minimum Gasteiger partial charge on any atom is -0.388 e. The molecule has 9 heteroatoms. The monoisotopic (exact) mass is 295 g/mol. The topological polar surface area (TPSA) is 160 Å². The largest absolute Gasteiger partial charge is 0.388 e. The first-order chi connectivity index (χ1) is 9.34. The second-order valence-corrected chi connectivity index (χ2v) is 5.01. The molecule has 7 N–H and O–H groups in total. The van der Waals surface area contributed by atoms with Crippen molar-refractivity contribution in [1.82, 2.24) is 0 Å². The Balaban J connectivity index is 2.05. The first-order valence-corrected chi connectivity index (χ1v) is 6.22. The molecule has 2 unspecified atom stereocenters. The van der Waals surface area contributed by atoms with Crippen LogP contribution in [0, 0.1) is 6.10 Å². The van der Waals surface area contributed by atoms with Gasteiger partial charge in [0.05, 0.1) is 13.2 Å². The van der Waals surface area contributed by atoms with Crippen LogP contribution in [-0.2, 0) is 9.47 Å². The first kappa shape index (κ1) is 16.0. The fraction of sp³-hybridized carbons (Fsp3) is 0.909. The minimum atomic E-state index is -1.66. The van der Waals surface area contributed by atoms with Gasteiger partial charge in [-0.05, 0) is 0 Å². The van der Waals surface area contributed by atoms with Gasteiger partial charge < -0.3 is 45.2 Å². The maximum atomic E-state index is 10.1. The highest BCUT2D eigenvalue weighted by Crippen LogP contribution is 2.30. The van der Waals surface area contributed by atoms with Crippen molar-refractivity contribution in [2.45, 2.75) is 48.8 Å². The van der Waals surface area contributed by atoms with E-state index in [1.54, 1.807) is 0 Å². The normalized spacial score (nSPS) is 49.0. The molecule has 0 bridgehead atoms. The zero-order valence-corrected chi connectivity index (χ0v) is 10.5. The zero-order valence-electron chi connectivity index (χ0n) is 10.5. The van der Waals surface area contributed by atoms with Crippen molar-refractivity contribution < 1.29 is 45.2 Å². The van der Waals surface area contributed by atoms with E-state index in [1.165, 1.54) is 0 Å². The summed E-state index contributed by atoms with van der Waals surface area (Å²) in [4.78, 5) is 0. The van der Waals surface area contributed by atoms with Gasteiger partial charge in [-0.2, -0.15) is 0 Å². The van der Waals surface area contributed by atoms with Crippen molar-refractivity contribution in [2.75, 3.05) is 13.2 Å². The standard InChI is InChI=1S/C11H19O9/c12-3-1-19-10(7(16)5(3)14)9(18)11-8(17)6(15)4(13)2-20-11/h3-10,12-18H,1-2H2/t3-,4-,5+,6+,7-,8-,9?,10?/m1/s1. The Labute approximate surface area is 114 Å². The van der Waals surface area contributed by atoms with Crippen LogP contribution in [0.15, 0.2) is 0 Å². The highest BCUT2D eigenvalue weighted by molar-refractivity contribution is 5.08. The summed E-state index contributed by atoms with van der Waals surface area (Å²) in [6.45, 7) is -0.646. The average molecular weight is 295 g/mol. The number of rotatable bonds is 2. The molecule has 0 aromatic rings. The van der Waals surface area contributed by atoms with Crippen molar-refractivity contribution in [2.24, 2.45) is 0 Å². The second kappa shape index (κ2) is 6.18. The third-order valence-electron chi connectivity index (χ3n) is 3.57. The zero-order chi connectivity index (χ0) is 15.0. The van der Waals surface area contributed by atoms with Gasteiger partial charge >= 0.3 is 0 Å². The Morgan fingerprint density at radius 3 is 2.10 bits per heavy atom. The van der Waals surface area contributed by atoms with E-state index < -0.39 is 48.8 Å². The molecule has 2 heterocycles. The van der Waals surface area contributed by atoms with Crippen LogP contribution in [0.5, 0.6) is 0 Å². The van der Waals surface area contributed by atoms with Crippen LogP contribution in [-0.4, -0.2) is 97.8 Å². The predicted octanol–water partition coefficient (Wildman–Crippen LogP) is -4.53. The summed E-state index contributed by atoms with van der Waals surface area (Å²) < 4.78 is 10.0. The molecule has 8 atom stereocenters. The molecule has 2 aliphatic heterocycles. The molecule has 2 aliphatic rings. The molecule has 0 saturated carbocycles. The Hall–Kier alpha value is -0.360. The van der Waals surface area contributed by atoms with E-state index >= 15 is 0 Å². The van der Waals surface area contributed by atoms with Gasteiger partial charge in [-0.25, -0.2) is 0 Å². The van der Waals surface area contributed by atoms with Crippen molar-refractivity contribution in [3.05, 3.63) is 6.10 Å². The van der Waals surface area contributed by atoms with Gasteiger partial charge in [0.2, 0.25) is 0 Å². The van der Waals surface area contributed by atoms with Crippen LogP contribution in [0.3, 0.4) is 0 Å². The molecule has 0 spiro atoms. The molecule has 20 heavy (non-hydrogen) atoms. The summed E-state index contributed by atoms with van der Waals surface area (Å²) in [5.74, 6) is 0. The van der Waals surface area contributed by atoms with E-state index in [-0.39, 0.29) is 19.3 Å². The van der Waals surface area contributed by atoms with Crippen LogP contribution < -0.4 is 0 Å². The Bertz CT molecular complexity index is 297. The predicted molar refractivity (Wildman–Crippen MR) is 61.0 cm³/mol. The van der Waals surface area contributed by atoms with Crippen LogP contribution in [0.4, 0.5) is 0 Å². The van der Waals surface area contributed by atoms with E-state index in [2.05, 4.69) is 0 Å². The van der Waals surface area contributed by atoms with Gasteiger partial charge in [0, 0.05) is 0 Å². The SMILES string of the molecule is OC([C]1OC[C@@H](O)[C@H](O)[C@H]1O)C1OC[C@@H](O)[C@H](O)[C@H]1O. The summed E-state index contributed by atoms with van der Waals surface area (Å²) in [5.41, 5.74) is 0. The first-order valence-electron chi connectivity index (χ1n) is 6.22. The van der Waals surface area contributed by atoms with Gasteiger partial charge in [0.25, 0.3) is 0 Å². The van der Waals surface area contributed by atoms with E-state index in [4.69, 9.17) is 9.47 Å². The lowest BCUT2D eigenvalue weighted by Gasteiger charge is -2.42. The van der Waals surface area contributed by atoms with Gasteiger partial charge in [-0.1, -0.05) is 0 Å². The number of hydrogen-bond acceptors (Lipinski definition) is 9. The number of aliphatic hydroxyl groups excluding tert-OH is 7. The van der Waals surface area contributed by atoms with E-state index in [0.717, 1.165) is 0 Å². The molecule has 2 rings (SSSR count). The van der Waals surface area contributed by atoms with Crippen molar-refractivity contribution in [3.63, 3.8) is 0 Å². The summed E-state index contributed by atoms with van der Waals surface area (Å²) in [6, 6.07) is 0. The molecule has 0 aromatic carbocycles. The van der Waals surface area contributed by atoms with Crippen LogP contribution in [0.2, 0.25) is 0 Å². The van der Waals surface area contributed by atoms with Crippen LogP contribution in [0.1, 0.15) is 0 Å². The smallest absolute Gasteiger partial charge is 0.159 e. The number of ether oxygens (including phenoxy) is 2. The third-order valence-corrected chi connectivity index (χ3v) is 3.57. The van der Waals surface area contributed by atoms with E-state index in [0.29, 0.717) is 0 Å². The molecule has 0 aromatic heterocycles. The fourth-order valence-electron chi connectivity index (χ4n) is 2.27. The lowest BCUT2D eigenvalue weighted by Crippen LogP contribution is -2.61. The Morgan fingerprint density at radius 1 is 0.850 bits per heavy atom. The molecular weight excluding hydrogens is 276 g/mol. The highest BCUT2D eigenvalue weighted by atomic mass is 16.6. The van der Waals surface area contributed by atoms with Gasteiger partial charge in [-0.3, -0.25) is 0 Å². The van der Waals surface area contributed by atoms with Gasteiger partial charge in [0.1, 0.15) is 48.8 Å². The van der Waals surface area contributed by atoms with Gasteiger partial charge in [0.15, 0.2) is 6.10 Å². The molecule has 117 valence electrons. The highest BCUT2D eigenvalue weighted by Gasteiger charge is 2.49. The van der Waals surface area contributed by atoms with Crippen LogP contribution in [0.25, 0.3) is 0 Å². The molecule has 0 aliphatic carbocycles. The molecule has 2 fully saturated rings. The average Bonchev–Trinajstić information content (AvgIpc) is 2.42. The van der Waals surface area contributed by atoms with Crippen molar-refractivity contribution >= 4 is 0 Å². The summed E-state index contributed by atoms with van der Waals surface area (Å²) in [6.07, 6.45) is -12.2. The third kappa shape index (κ3) is 2.82. The lowest BCUT2D eigenvalue weighted by molar-refractivity contribution is -0.231. The summed E-state index contributed by atoms with van der Waals surface area (Å²) in [5, 5.41) is 67.2. The summed E-state index contributed by atoms with van der Waals surface area (Å²) >= 11 is 0. The molecule has 0 amide bonds. The summed E-state index contributed by atoms with van der Waals surface area (Å²) in [7, 11) is 0. The molecule has 2 saturated heterocycles. The van der Waals surface area contributed by atoms with E-state index in [9.17, 15) is 35.7 Å². The maximum Gasteiger partial charge on any atom is 0.159 e. The minimum absolute atomic E-state index is 0.311. The Kier molecular flexibility index (Phi) is 4.95. The van der Waals surface area contributed by atoms with Crippen molar-refractivity contribution in [1.29, 1.82) is 0 Å². The van der Waals surface area contributed by atoms with Crippen molar-refractivity contribution in [3.8, 4) is 0 Å².